The molecule has 0 atom stereocenters. The molecule has 0 saturated heterocycles. The van der Waals surface area contributed by atoms with Gasteiger partial charge < -0.3 is 0 Å². The van der Waals surface area contributed by atoms with Crippen molar-refractivity contribution in [1.82, 2.24) is 14.8 Å². The van der Waals surface area contributed by atoms with E-state index in [-0.39, 0.29) is 5.91 Å². The van der Waals surface area contributed by atoms with Gasteiger partial charge >= 0.3 is 0 Å². The first kappa shape index (κ1) is 15.4. The molecule has 23 heavy (non-hydrogen) atoms. The number of aromatic nitrogens is 3. The van der Waals surface area contributed by atoms with E-state index in [1.807, 2.05) is 49.7 Å². The van der Waals surface area contributed by atoms with Crippen LogP contribution in [0.25, 0.3) is 5.69 Å². The minimum atomic E-state index is -0.172. The summed E-state index contributed by atoms with van der Waals surface area (Å²) >= 11 is 1.46. The first-order valence-electron chi connectivity index (χ1n) is 7.46. The normalized spacial score (nSPS) is 10.7. The van der Waals surface area contributed by atoms with Gasteiger partial charge in [0.05, 0.1) is 23.1 Å². The van der Waals surface area contributed by atoms with Crippen LogP contribution in [0.1, 0.15) is 33.4 Å². The summed E-state index contributed by atoms with van der Waals surface area (Å²) in [5.74, 6) is -0.172. The Morgan fingerprint density at radius 2 is 1.96 bits per heavy atom. The van der Waals surface area contributed by atoms with Gasteiger partial charge in [0.15, 0.2) is 5.13 Å². The van der Waals surface area contributed by atoms with Crippen molar-refractivity contribution in [2.45, 2.75) is 27.2 Å². The minimum absolute atomic E-state index is 0.172. The third kappa shape index (κ3) is 3.17. The van der Waals surface area contributed by atoms with Crippen LogP contribution in [0, 0.1) is 13.8 Å². The topological polar surface area (TPSA) is 59.8 Å². The van der Waals surface area contributed by atoms with E-state index in [0.29, 0.717) is 17.1 Å². The van der Waals surface area contributed by atoms with Gasteiger partial charge in [-0.25, -0.2) is 9.67 Å². The molecule has 0 aliphatic rings. The Bertz CT molecular complexity index is 833. The lowest BCUT2D eigenvalue weighted by molar-refractivity contribution is 0.102. The van der Waals surface area contributed by atoms with E-state index >= 15 is 0 Å². The molecule has 2 aromatic heterocycles. The van der Waals surface area contributed by atoms with Crippen molar-refractivity contribution in [3.8, 4) is 5.69 Å². The van der Waals surface area contributed by atoms with Gasteiger partial charge in [-0.05, 0) is 32.4 Å². The molecule has 0 aliphatic carbocycles. The number of aryl methyl sites for hydroxylation is 2. The summed E-state index contributed by atoms with van der Waals surface area (Å²) in [7, 11) is 0. The summed E-state index contributed by atoms with van der Waals surface area (Å²) < 4.78 is 1.82. The molecule has 0 bridgehead atoms. The molecular weight excluding hydrogens is 308 g/mol. The summed E-state index contributed by atoms with van der Waals surface area (Å²) in [6.07, 6.45) is 4.08. The largest absolute Gasteiger partial charge is 0.298 e. The minimum Gasteiger partial charge on any atom is -0.298 e. The summed E-state index contributed by atoms with van der Waals surface area (Å²) in [4.78, 5) is 17.7. The molecule has 0 fully saturated rings. The number of anilines is 1. The first-order chi connectivity index (χ1) is 11.1. The number of nitrogens with zero attached hydrogens (tertiary/aromatic N) is 3. The molecule has 0 radical (unpaired) electrons. The van der Waals surface area contributed by atoms with E-state index < -0.39 is 0 Å². The van der Waals surface area contributed by atoms with Crippen molar-refractivity contribution in [3.05, 3.63) is 58.4 Å². The molecule has 3 aromatic rings. The summed E-state index contributed by atoms with van der Waals surface area (Å²) in [6, 6.07) is 8.09. The van der Waals surface area contributed by atoms with E-state index in [0.717, 1.165) is 16.3 Å². The molecule has 1 N–H and O–H groups in total. The molecule has 6 heteroatoms. The number of benzene rings is 1. The Kier molecular flexibility index (Phi) is 4.25. The smallest absolute Gasteiger partial charge is 0.260 e. The number of thiazole rings is 1. The van der Waals surface area contributed by atoms with Crippen LogP contribution in [0.5, 0.6) is 0 Å². The van der Waals surface area contributed by atoms with Crippen LogP contribution in [-0.4, -0.2) is 20.7 Å². The SMILES string of the molecule is CCc1c(C(=O)Nc2ncc(C)s2)cnn1-c1ccc(C)cc1. The van der Waals surface area contributed by atoms with Gasteiger partial charge in [0.25, 0.3) is 5.91 Å². The van der Waals surface area contributed by atoms with Crippen molar-refractivity contribution in [2.24, 2.45) is 0 Å². The van der Waals surface area contributed by atoms with Gasteiger partial charge in [0.2, 0.25) is 0 Å². The third-order valence-electron chi connectivity index (χ3n) is 3.57. The van der Waals surface area contributed by atoms with Crippen LogP contribution in [0.4, 0.5) is 5.13 Å². The maximum absolute atomic E-state index is 12.5. The molecule has 0 spiro atoms. The highest BCUT2D eigenvalue weighted by Crippen LogP contribution is 2.20. The molecule has 3 rings (SSSR count). The van der Waals surface area contributed by atoms with E-state index in [2.05, 4.69) is 15.4 Å². The van der Waals surface area contributed by atoms with E-state index in [4.69, 9.17) is 0 Å². The molecule has 118 valence electrons. The molecule has 1 aromatic carbocycles. The molecule has 1 amide bonds. The van der Waals surface area contributed by atoms with Crippen molar-refractivity contribution in [3.63, 3.8) is 0 Å². The van der Waals surface area contributed by atoms with Gasteiger partial charge in [-0.15, -0.1) is 11.3 Å². The number of hydrogen-bond donors (Lipinski definition) is 1. The first-order valence-corrected chi connectivity index (χ1v) is 8.28. The zero-order chi connectivity index (χ0) is 16.4. The monoisotopic (exact) mass is 326 g/mol. The number of amides is 1. The van der Waals surface area contributed by atoms with E-state index in [1.54, 1.807) is 12.4 Å². The predicted molar refractivity (Wildman–Crippen MR) is 92.5 cm³/mol. The van der Waals surface area contributed by atoms with Crippen molar-refractivity contribution < 1.29 is 4.79 Å². The fraction of sp³-hybridized carbons (Fsp3) is 0.235. The second-order valence-electron chi connectivity index (χ2n) is 5.34. The zero-order valence-corrected chi connectivity index (χ0v) is 14.1. The summed E-state index contributed by atoms with van der Waals surface area (Å²) in [5, 5.41) is 7.85. The number of carbonyl (C=O) groups is 1. The van der Waals surface area contributed by atoms with Crippen LogP contribution < -0.4 is 5.32 Å². The number of carbonyl (C=O) groups excluding carboxylic acids is 1. The van der Waals surface area contributed by atoms with Crippen LogP contribution in [0.3, 0.4) is 0 Å². The standard InChI is InChI=1S/C17H18N4OS/c1-4-15-14(16(22)20-17-18-9-12(3)23-17)10-19-21(15)13-7-5-11(2)6-8-13/h5-10H,4H2,1-3H3,(H,18,20,22). The van der Waals surface area contributed by atoms with Crippen LogP contribution in [0.2, 0.25) is 0 Å². The van der Waals surface area contributed by atoms with Gasteiger partial charge in [-0.2, -0.15) is 5.10 Å². The van der Waals surface area contributed by atoms with Gasteiger partial charge in [-0.1, -0.05) is 24.6 Å². The van der Waals surface area contributed by atoms with Crippen LogP contribution in [0.15, 0.2) is 36.7 Å². The molecule has 5 nitrogen and oxygen atoms in total. The predicted octanol–water partition coefficient (Wildman–Crippen LogP) is 3.76. The molecular formula is C17H18N4OS. The Morgan fingerprint density at radius 3 is 2.57 bits per heavy atom. The lowest BCUT2D eigenvalue weighted by Gasteiger charge is -2.08. The van der Waals surface area contributed by atoms with E-state index in [1.165, 1.54) is 16.9 Å². The Morgan fingerprint density at radius 1 is 1.22 bits per heavy atom. The lowest BCUT2D eigenvalue weighted by Crippen LogP contribution is -2.14. The maximum Gasteiger partial charge on any atom is 0.260 e. The lowest BCUT2D eigenvalue weighted by atomic mass is 10.2. The molecule has 0 saturated carbocycles. The molecule has 0 unspecified atom stereocenters. The second-order valence-corrected chi connectivity index (χ2v) is 6.57. The summed E-state index contributed by atoms with van der Waals surface area (Å²) in [6.45, 7) is 6.02. The van der Waals surface area contributed by atoms with Crippen molar-refractivity contribution >= 4 is 22.4 Å². The highest BCUT2D eigenvalue weighted by Gasteiger charge is 2.18. The average molecular weight is 326 g/mol. The van der Waals surface area contributed by atoms with Gasteiger partial charge in [-0.3, -0.25) is 10.1 Å². The van der Waals surface area contributed by atoms with Crippen molar-refractivity contribution in [2.75, 3.05) is 5.32 Å². The fourth-order valence-corrected chi connectivity index (χ4v) is 3.05. The van der Waals surface area contributed by atoms with Crippen molar-refractivity contribution in [1.29, 1.82) is 0 Å². The van der Waals surface area contributed by atoms with Crippen LogP contribution >= 0.6 is 11.3 Å². The third-order valence-corrected chi connectivity index (χ3v) is 4.40. The average Bonchev–Trinajstić information content (AvgIpc) is 3.14. The highest BCUT2D eigenvalue weighted by molar-refractivity contribution is 7.15. The maximum atomic E-state index is 12.5. The number of nitrogens with one attached hydrogen (secondary N) is 1. The quantitative estimate of drug-likeness (QED) is 0.794. The van der Waals surface area contributed by atoms with Gasteiger partial charge in [0, 0.05) is 11.1 Å². The summed E-state index contributed by atoms with van der Waals surface area (Å²) in [5.41, 5.74) is 3.62. The number of hydrogen-bond acceptors (Lipinski definition) is 4. The Balaban J connectivity index is 1.91. The molecule has 2 heterocycles. The van der Waals surface area contributed by atoms with Gasteiger partial charge in [0.1, 0.15) is 0 Å². The number of rotatable bonds is 4. The fourth-order valence-electron chi connectivity index (χ4n) is 2.39. The molecule has 0 aliphatic heterocycles. The zero-order valence-electron chi connectivity index (χ0n) is 13.3. The highest BCUT2D eigenvalue weighted by atomic mass is 32.1. The van der Waals surface area contributed by atoms with Crippen LogP contribution in [-0.2, 0) is 6.42 Å². The van der Waals surface area contributed by atoms with E-state index in [9.17, 15) is 4.79 Å². The Labute approximate surface area is 139 Å². The Hall–Kier alpha value is -2.47. The second kappa shape index (κ2) is 6.34.